The number of hydrogen-bond acceptors (Lipinski definition) is 5. The zero-order valence-electron chi connectivity index (χ0n) is 11.5. The minimum Gasteiger partial charge on any atom is -0.351 e. The highest BCUT2D eigenvalue weighted by molar-refractivity contribution is 7.14. The molecule has 0 saturated carbocycles. The quantitative estimate of drug-likeness (QED) is 0.688. The van der Waals surface area contributed by atoms with Gasteiger partial charge in [0.1, 0.15) is 0 Å². The summed E-state index contributed by atoms with van der Waals surface area (Å²) in [5, 5.41) is 8.49. The van der Waals surface area contributed by atoms with E-state index in [2.05, 4.69) is 20.6 Å². The molecule has 7 heteroatoms. The molecule has 2 amide bonds. The fraction of sp³-hybridized carbons (Fsp3) is 0. The van der Waals surface area contributed by atoms with Crippen LogP contribution in [-0.4, -0.2) is 16.0 Å². The van der Waals surface area contributed by atoms with E-state index in [0.29, 0.717) is 5.69 Å². The number of primary amides is 1. The highest BCUT2D eigenvalue weighted by atomic mass is 32.1. The topological polar surface area (TPSA) is 92.9 Å². The zero-order chi connectivity index (χ0) is 15.4. The number of aromatic nitrogens is 2. The lowest BCUT2D eigenvalue weighted by atomic mass is 10.1. The van der Waals surface area contributed by atoms with Gasteiger partial charge in [0, 0.05) is 22.8 Å². The standard InChI is InChI=1S/C15H13N5OS/c16-14(21)18-11-5-3-10(4-6-11)13-9-22-15(20-13)19-12-2-1-7-17-8-12/h1-9H,(H,19,20)(H3,16,18,21). The van der Waals surface area contributed by atoms with Gasteiger partial charge in [0.05, 0.1) is 17.6 Å². The number of amides is 2. The molecule has 110 valence electrons. The van der Waals surface area contributed by atoms with Gasteiger partial charge in [-0.2, -0.15) is 0 Å². The lowest BCUT2D eigenvalue weighted by Crippen LogP contribution is -2.19. The van der Waals surface area contributed by atoms with Crippen molar-refractivity contribution < 1.29 is 4.79 Å². The number of nitrogens with two attached hydrogens (primary N) is 1. The van der Waals surface area contributed by atoms with Gasteiger partial charge in [0.25, 0.3) is 0 Å². The normalized spacial score (nSPS) is 10.2. The number of pyridine rings is 1. The van der Waals surface area contributed by atoms with E-state index in [4.69, 9.17) is 5.73 Å². The van der Waals surface area contributed by atoms with Crippen LogP contribution in [0.5, 0.6) is 0 Å². The molecule has 0 radical (unpaired) electrons. The Morgan fingerprint density at radius 2 is 1.95 bits per heavy atom. The van der Waals surface area contributed by atoms with Crippen LogP contribution in [0.3, 0.4) is 0 Å². The maximum atomic E-state index is 10.8. The third kappa shape index (κ3) is 3.39. The molecule has 0 spiro atoms. The number of thiazole rings is 1. The molecule has 4 N–H and O–H groups in total. The molecule has 2 aromatic heterocycles. The number of anilines is 3. The third-order valence-electron chi connectivity index (χ3n) is 2.87. The van der Waals surface area contributed by atoms with Crippen molar-refractivity contribution in [3.63, 3.8) is 0 Å². The Morgan fingerprint density at radius 1 is 1.14 bits per heavy atom. The van der Waals surface area contributed by atoms with Crippen molar-refractivity contribution in [1.82, 2.24) is 9.97 Å². The Morgan fingerprint density at radius 3 is 2.64 bits per heavy atom. The van der Waals surface area contributed by atoms with E-state index in [1.54, 1.807) is 24.5 Å². The van der Waals surface area contributed by atoms with Gasteiger partial charge in [-0.3, -0.25) is 4.98 Å². The molecule has 0 fully saturated rings. The van der Waals surface area contributed by atoms with Crippen LogP contribution >= 0.6 is 11.3 Å². The first-order chi connectivity index (χ1) is 10.7. The first-order valence-corrected chi connectivity index (χ1v) is 7.38. The van der Waals surface area contributed by atoms with Gasteiger partial charge in [-0.05, 0) is 24.3 Å². The van der Waals surface area contributed by atoms with Crippen molar-refractivity contribution in [3.8, 4) is 11.3 Å². The van der Waals surface area contributed by atoms with Gasteiger partial charge in [-0.1, -0.05) is 12.1 Å². The maximum absolute atomic E-state index is 10.8. The smallest absolute Gasteiger partial charge is 0.316 e. The number of nitrogens with one attached hydrogen (secondary N) is 2. The van der Waals surface area contributed by atoms with Crippen LogP contribution in [0.15, 0.2) is 54.2 Å². The Balaban J connectivity index is 1.74. The molecule has 3 aromatic rings. The molecule has 6 nitrogen and oxygen atoms in total. The molecule has 0 atom stereocenters. The summed E-state index contributed by atoms with van der Waals surface area (Å²) in [6.45, 7) is 0. The summed E-state index contributed by atoms with van der Waals surface area (Å²) < 4.78 is 0. The molecule has 0 aliphatic rings. The second-order valence-electron chi connectivity index (χ2n) is 4.47. The number of benzene rings is 1. The second kappa shape index (κ2) is 6.23. The van der Waals surface area contributed by atoms with E-state index in [9.17, 15) is 4.79 Å². The van der Waals surface area contributed by atoms with Crippen molar-refractivity contribution >= 4 is 33.9 Å². The summed E-state index contributed by atoms with van der Waals surface area (Å²) in [5.41, 5.74) is 8.45. The Bertz CT molecular complexity index is 770. The SMILES string of the molecule is NC(=O)Nc1ccc(-c2csc(Nc3cccnc3)n2)cc1. The summed E-state index contributed by atoms with van der Waals surface area (Å²) in [5.74, 6) is 0. The second-order valence-corrected chi connectivity index (χ2v) is 5.33. The van der Waals surface area contributed by atoms with Crippen LogP contribution in [0, 0.1) is 0 Å². The fourth-order valence-electron chi connectivity index (χ4n) is 1.89. The van der Waals surface area contributed by atoms with Gasteiger partial charge in [-0.15, -0.1) is 11.3 Å². The largest absolute Gasteiger partial charge is 0.351 e. The molecular weight excluding hydrogens is 298 g/mol. The van der Waals surface area contributed by atoms with Gasteiger partial charge >= 0.3 is 6.03 Å². The third-order valence-corrected chi connectivity index (χ3v) is 3.62. The molecule has 0 saturated heterocycles. The molecule has 22 heavy (non-hydrogen) atoms. The van der Waals surface area contributed by atoms with Crippen LogP contribution in [-0.2, 0) is 0 Å². The molecule has 3 rings (SSSR count). The van der Waals surface area contributed by atoms with Gasteiger partial charge in [0.15, 0.2) is 5.13 Å². The zero-order valence-corrected chi connectivity index (χ0v) is 12.3. The fourth-order valence-corrected chi connectivity index (χ4v) is 2.63. The van der Waals surface area contributed by atoms with Crippen molar-refractivity contribution in [2.45, 2.75) is 0 Å². The van der Waals surface area contributed by atoms with E-state index in [1.807, 2.05) is 29.6 Å². The predicted molar refractivity (Wildman–Crippen MR) is 88.3 cm³/mol. The van der Waals surface area contributed by atoms with E-state index in [-0.39, 0.29) is 0 Å². The molecule has 0 aliphatic carbocycles. The monoisotopic (exact) mass is 311 g/mol. The number of carbonyl (C=O) groups is 1. The summed E-state index contributed by atoms with van der Waals surface area (Å²) in [4.78, 5) is 19.4. The van der Waals surface area contributed by atoms with Crippen LogP contribution in [0.1, 0.15) is 0 Å². The number of urea groups is 1. The predicted octanol–water partition coefficient (Wildman–Crippen LogP) is 3.44. The first-order valence-electron chi connectivity index (χ1n) is 6.50. The van der Waals surface area contributed by atoms with Gasteiger partial charge < -0.3 is 16.4 Å². The minimum absolute atomic E-state index is 0.579. The summed E-state index contributed by atoms with van der Waals surface area (Å²) >= 11 is 1.51. The Hall–Kier alpha value is -2.93. The van der Waals surface area contributed by atoms with Crippen LogP contribution < -0.4 is 16.4 Å². The lowest BCUT2D eigenvalue weighted by molar-refractivity contribution is 0.259. The maximum Gasteiger partial charge on any atom is 0.316 e. The molecule has 2 heterocycles. The van der Waals surface area contributed by atoms with Crippen LogP contribution in [0.2, 0.25) is 0 Å². The van der Waals surface area contributed by atoms with Crippen molar-refractivity contribution in [1.29, 1.82) is 0 Å². The first kappa shape index (κ1) is 14.0. The summed E-state index contributed by atoms with van der Waals surface area (Å²) in [7, 11) is 0. The molecular formula is C15H13N5OS. The average Bonchev–Trinajstić information content (AvgIpc) is 2.97. The van der Waals surface area contributed by atoms with E-state index in [1.165, 1.54) is 11.3 Å². The highest BCUT2D eigenvalue weighted by Crippen LogP contribution is 2.27. The van der Waals surface area contributed by atoms with Crippen LogP contribution in [0.25, 0.3) is 11.3 Å². The minimum atomic E-state index is -0.579. The summed E-state index contributed by atoms with van der Waals surface area (Å²) in [6, 6.07) is 10.5. The molecule has 1 aromatic carbocycles. The summed E-state index contributed by atoms with van der Waals surface area (Å²) in [6.07, 6.45) is 3.46. The van der Waals surface area contributed by atoms with Crippen molar-refractivity contribution in [2.24, 2.45) is 5.73 Å². The van der Waals surface area contributed by atoms with Crippen molar-refractivity contribution in [3.05, 3.63) is 54.2 Å². The van der Waals surface area contributed by atoms with Crippen LogP contribution in [0.4, 0.5) is 21.3 Å². The number of carbonyl (C=O) groups excluding carboxylic acids is 1. The number of hydrogen-bond donors (Lipinski definition) is 3. The molecule has 0 unspecified atom stereocenters. The average molecular weight is 311 g/mol. The Labute approximate surface area is 131 Å². The number of rotatable bonds is 4. The lowest BCUT2D eigenvalue weighted by Gasteiger charge is -2.03. The molecule has 0 aliphatic heterocycles. The van der Waals surface area contributed by atoms with Gasteiger partial charge in [-0.25, -0.2) is 9.78 Å². The van der Waals surface area contributed by atoms with Gasteiger partial charge in [0.2, 0.25) is 0 Å². The van der Waals surface area contributed by atoms with Crippen molar-refractivity contribution in [2.75, 3.05) is 10.6 Å². The highest BCUT2D eigenvalue weighted by Gasteiger charge is 2.05. The number of nitrogens with zero attached hydrogens (tertiary/aromatic N) is 2. The van der Waals surface area contributed by atoms with E-state index < -0.39 is 6.03 Å². The van der Waals surface area contributed by atoms with E-state index >= 15 is 0 Å². The molecule has 0 bridgehead atoms. The van der Waals surface area contributed by atoms with E-state index in [0.717, 1.165) is 22.1 Å². The Kier molecular flexibility index (Phi) is 3.97.